The first-order valence-electron chi connectivity index (χ1n) is 8.69. The van der Waals surface area contributed by atoms with E-state index in [1.54, 1.807) is 0 Å². The molecule has 126 valence electrons. The van der Waals surface area contributed by atoms with Crippen molar-refractivity contribution in [1.82, 2.24) is 4.90 Å². The summed E-state index contributed by atoms with van der Waals surface area (Å²) in [5.41, 5.74) is 8.70. The Balaban J connectivity index is 1.56. The molecule has 0 bridgehead atoms. The molecule has 0 aliphatic carbocycles. The van der Waals surface area contributed by atoms with Gasteiger partial charge in [-0.3, -0.25) is 4.99 Å². The second-order valence-corrected chi connectivity index (χ2v) is 7.21. The van der Waals surface area contributed by atoms with E-state index < -0.39 is 0 Å². The number of halogens is 1. The van der Waals surface area contributed by atoms with Crippen molar-refractivity contribution in [3.8, 4) is 0 Å². The zero-order chi connectivity index (χ0) is 16.2. The van der Waals surface area contributed by atoms with Gasteiger partial charge in [-0.15, -0.1) is 0 Å². The van der Waals surface area contributed by atoms with E-state index in [0.717, 1.165) is 43.7 Å². The van der Waals surface area contributed by atoms with Crippen LogP contribution >= 0.6 is 11.6 Å². The van der Waals surface area contributed by atoms with Gasteiger partial charge in [0.05, 0.1) is 0 Å². The molecule has 2 N–H and O–H groups in total. The lowest BCUT2D eigenvalue weighted by Crippen LogP contribution is -2.41. The minimum atomic E-state index is 0.580. The molecule has 0 amide bonds. The molecule has 4 nitrogen and oxygen atoms in total. The molecule has 1 aromatic rings. The van der Waals surface area contributed by atoms with Crippen LogP contribution in [0.4, 0.5) is 5.69 Å². The highest BCUT2D eigenvalue weighted by Gasteiger charge is 2.24. The van der Waals surface area contributed by atoms with E-state index in [1.807, 2.05) is 6.07 Å². The summed E-state index contributed by atoms with van der Waals surface area (Å²) in [7, 11) is 0. The van der Waals surface area contributed by atoms with Crippen LogP contribution in [-0.2, 0) is 0 Å². The predicted octanol–water partition coefficient (Wildman–Crippen LogP) is 3.28. The van der Waals surface area contributed by atoms with Crippen LogP contribution in [0.25, 0.3) is 0 Å². The number of aliphatic imine (C=N–C) groups is 1. The first-order chi connectivity index (χ1) is 11.1. The molecule has 2 saturated heterocycles. The summed E-state index contributed by atoms with van der Waals surface area (Å²) in [4.78, 5) is 9.33. The van der Waals surface area contributed by atoms with Gasteiger partial charge >= 0.3 is 0 Å². The Bertz CT molecular complexity index is 566. The predicted molar refractivity (Wildman–Crippen MR) is 98.4 cm³/mol. The Morgan fingerprint density at radius 3 is 2.83 bits per heavy atom. The Morgan fingerprint density at radius 2 is 2.04 bits per heavy atom. The van der Waals surface area contributed by atoms with E-state index in [4.69, 9.17) is 17.3 Å². The number of piperidine rings is 1. The fourth-order valence-corrected chi connectivity index (χ4v) is 3.74. The quantitative estimate of drug-likeness (QED) is 0.681. The van der Waals surface area contributed by atoms with E-state index >= 15 is 0 Å². The van der Waals surface area contributed by atoms with Crippen LogP contribution in [0.5, 0.6) is 0 Å². The second-order valence-electron chi connectivity index (χ2n) is 6.78. The van der Waals surface area contributed by atoms with Crippen molar-refractivity contribution in [3.63, 3.8) is 0 Å². The van der Waals surface area contributed by atoms with Crippen LogP contribution in [0.15, 0.2) is 23.2 Å². The molecule has 0 saturated carbocycles. The second kappa shape index (κ2) is 7.43. The Kier molecular flexibility index (Phi) is 5.31. The standard InChI is InChI=1S/C18H27ClN4/c1-14-5-6-16(19)11-17(14)23-10-7-15(13-23)12-21-18(20)22-8-3-2-4-9-22/h5-6,11,15H,2-4,7-10,12-13H2,1H3,(H2,20,21). The molecular weight excluding hydrogens is 308 g/mol. The van der Waals surface area contributed by atoms with Crippen molar-refractivity contribution in [1.29, 1.82) is 0 Å². The lowest BCUT2D eigenvalue weighted by Gasteiger charge is -2.27. The number of nitrogens with zero attached hydrogens (tertiary/aromatic N) is 3. The van der Waals surface area contributed by atoms with Gasteiger partial charge in [0.2, 0.25) is 0 Å². The first kappa shape index (κ1) is 16.4. The highest BCUT2D eigenvalue weighted by atomic mass is 35.5. The Hall–Kier alpha value is -1.42. The van der Waals surface area contributed by atoms with Gasteiger partial charge in [0.15, 0.2) is 5.96 Å². The number of rotatable bonds is 3. The topological polar surface area (TPSA) is 44.9 Å². The lowest BCUT2D eigenvalue weighted by molar-refractivity contribution is 0.337. The van der Waals surface area contributed by atoms with Crippen molar-refractivity contribution < 1.29 is 0 Å². The molecule has 2 heterocycles. The summed E-state index contributed by atoms with van der Waals surface area (Å²) in [6.07, 6.45) is 4.96. The normalized spacial score (nSPS) is 22.7. The van der Waals surface area contributed by atoms with Crippen molar-refractivity contribution in [2.45, 2.75) is 32.6 Å². The first-order valence-corrected chi connectivity index (χ1v) is 9.07. The van der Waals surface area contributed by atoms with Crippen LogP contribution in [0.3, 0.4) is 0 Å². The van der Waals surface area contributed by atoms with E-state index in [2.05, 4.69) is 33.8 Å². The van der Waals surface area contributed by atoms with Gasteiger partial charge in [-0.05, 0) is 56.2 Å². The number of hydrogen-bond acceptors (Lipinski definition) is 2. The average molecular weight is 335 g/mol. The maximum Gasteiger partial charge on any atom is 0.191 e. The number of guanidine groups is 1. The van der Waals surface area contributed by atoms with Gasteiger partial charge < -0.3 is 15.5 Å². The third-order valence-electron chi connectivity index (χ3n) is 4.99. The highest BCUT2D eigenvalue weighted by molar-refractivity contribution is 6.30. The van der Waals surface area contributed by atoms with E-state index in [0.29, 0.717) is 5.92 Å². The molecule has 0 radical (unpaired) electrons. The van der Waals surface area contributed by atoms with Crippen molar-refractivity contribution in [2.24, 2.45) is 16.6 Å². The summed E-state index contributed by atoms with van der Waals surface area (Å²) in [6.45, 7) is 7.22. The maximum absolute atomic E-state index is 6.16. The molecule has 1 unspecified atom stereocenters. The van der Waals surface area contributed by atoms with Gasteiger partial charge in [-0.25, -0.2) is 0 Å². The van der Waals surface area contributed by atoms with Crippen LogP contribution in [-0.4, -0.2) is 43.6 Å². The van der Waals surface area contributed by atoms with Crippen LogP contribution < -0.4 is 10.6 Å². The van der Waals surface area contributed by atoms with Crippen molar-refractivity contribution in [2.75, 3.05) is 37.6 Å². The van der Waals surface area contributed by atoms with Gasteiger partial charge in [-0.1, -0.05) is 17.7 Å². The smallest absolute Gasteiger partial charge is 0.191 e. The van der Waals surface area contributed by atoms with Crippen LogP contribution in [0.2, 0.25) is 5.02 Å². The van der Waals surface area contributed by atoms with E-state index in [-0.39, 0.29) is 0 Å². The number of aryl methyl sites for hydroxylation is 1. The SMILES string of the molecule is Cc1ccc(Cl)cc1N1CCC(CN=C(N)N2CCCCC2)C1. The van der Waals surface area contributed by atoms with Gasteiger partial charge in [-0.2, -0.15) is 0 Å². The van der Waals surface area contributed by atoms with Gasteiger partial charge in [0, 0.05) is 43.4 Å². The summed E-state index contributed by atoms with van der Waals surface area (Å²) in [5, 5.41) is 0.807. The maximum atomic E-state index is 6.16. The molecule has 1 aromatic carbocycles. The summed E-state index contributed by atoms with van der Waals surface area (Å²) in [5.74, 6) is 1.32. The Labute approximate surface area is 144 Å². The molecule has 0 aromatic heterocycles. The molecule has 3 rings (SSSR count). The summed E-state index contributed by atoms with van der Waals surface area (Å²) < 4.78 is 0. The number of nitrogens with two attached hydrogens (primary N) is 1. The molecular formula is C18H27ClN4. The highest BCUT2D eigenvalue weighted by Crippen LogP contribution is 2.29. The van der Waals surface area contributed by atoms with E-state index in [1.165, 1.54) is 36.9 Å². The van der Waals surface area contributed by atoms with Gasteiger partial charge in [0.1, 0.15) is 0 Å². The zero-order valence-corrected chi connectivity index (χ0v) is 14.7. The molecule has 0 spiro atoms. The van der Waals surface area contributed by atoms with Crippen molar-refractivity contribution >= 4 is 23.2 Å². The average Bonchev–Trinajstić information content (AvgIpc) is 3.04. The number of benzene rings is 1. The molecule has 2 aliphatic rings. The number of likely N-dealkylation sites (tertiary alicyclic amines) is 1. The molecule has 1 atom stereocenters. The number of hydrogen-bond donors (Lipinski definition) is 1. The third kappa shape index (κ3) is 4.11. The number of anilines is 1. The summed E-state index contributed by atoms with van der Waals surface area (Å²) in [6, 6.07) is 6.12. The molecule has 5 heteroatoms. The van der Waals surface area contributed by atoms with Crippen LogP contribution in [0, 0.1) is 12.8 Å². The zero-order valence-electron chi connectivity index (χ0n) is 14.0. The largest absolute Gasteiger partial charge is 0.371 e. The van der Waals surface area contributed by atoms with Crippen molar-refractivity contribution in [3.05, 3.63) is 28.8 Å². The van der Waals surface area contributed by atoms with Gasteiger partial charge in [0.25, 0.3) is 0 Å². The van der Waals surface area contributed by atoms with Crippen LogP contribution in [0.1, 0.15) is 31.2 Å². The third-order valence-corrected chi connectivity index (χ3v) is 5.22. The fourth-order valence-electron chi connectivity index (χ4n) is 3.57. The lowest BCUT2D eigenvalue weighted by atomic mass is 10.1. The molecule has 2 fully saturated rings. The minimum Gasteiger partial charge on any atom is -0.371 e. The summed E-state index contributed by atoms with van der Waals surface area (Å²) >= 11 is 6.15. The molecule has 2 aliphatic heterocycles. The minimum absolute atomic E-state index is 0.580. The Morgan fingerprint density at radius 1 is 1.26 bits per heavy atom. The monoisotopic (exact) mass is 334 g/mol. The van der Waals surface area contributed by atoms with E-state index in [9.17, 15) is 0 Å². The molecule has 23 heavy (non-hydrogen) atoms. The fraction of sp³-hybridized carbons (Fsp3) is 0.611.